The summed E-state index contributed by atoms with van der Waals surface area (Å²) < 4.78 is 2.12. The summed E-state index contributed by atoms with van der Waals surface area (Å²) in [4.78, 5) is 32.5. The Hall–Kier alpha value is -2.21. The fourth-order valence-corrected chi connectivity index (χ4v) is 4.59. The second-order valence-electron chi connectivity index (χ2n) is 6.53. The summed E-state index contributed by atoms with van der Waals surface area (Å²) >= 11 is 1.09. The van der Waals surface area contributed by atoms with Gasteiger partial charge < -0.3 is 9.47 Å². The van der Waals surface area contributed by atoms with Gasteiger partial charge in [-0.25, -0.2) is 0 Å². The fraction of sp³-hybridized carbons (Fsp3) is 0.421. The molecular formula is C19H21N3O2S. The first kappa shape index (κ1) is 16.3. The zero-order chi connectivity index (χ0) is 17.4. The fourth-order valence-electron chi connectivity index (χ4n) is 3.71. The summed E-state index contributed by atoms with van der Waals surface area (Å²) in [6, 6.07) is 7.67. The summed E-state index contributed by atoms with van der Waals surface area (Å²) in [6.07, 6.45) is 4.28. The normalized spacial score (nSPS) is 15.2. The Morgan fingerprint density at radius 2 is 1.88 bits per heavy atom. The van der Waals surface area contributed by atoms with Crippen LogP contribution in [0.15, 0.2) is 33.9 Å². The van der Waals surface area contributed by atoms with Crippen molar-refractivity contribution in [3.63, 3.8) is 0 Å². The van der Waals surface area contributed by atoms with E-state index >= 15 is 0 Å². The number of aryl methyl sites for hydroxylation is 1. The minimum atomic E-state index is -0.229. The van der Waals surface area contributed by atoms with Crippen LogP contribution in [0.2, 0.25) is 0 Å². The zero-order valence-electron chi connectivity index (χ0n) is 14.3. The number of aromatic nitrogens is 2. The molecule has 5 nitrogen and oxygen atoms in total. The van der Waals surface area contributed by atoms with E-state index in [9.17, 15) is 9.59 Å². The molecule has 3 heterocycles. The van der Waals surface area contributed by atoms with Crippen molar-refractivity contribution >= 4 is 38.3 Å². The van der Waals surface area contributed by atoms with Gasteiger partial charge in [-0.15, -0.1) is 0 Å². The highest BCUT2D eigenvalue weighted by atomic mass is 32.1. The first-order valence-electron chi connectivity index (χ1n) is 8.92. The van der Waals surface area contributed by atoms with Crippen LogP contribution >= 0.6 is 11.3 Å². The molecule has 0 bridgehead atoms. The predicted molar refractivity (Wildman–Crippen MR) is 104 cm³/mol. The van der Waals surface area contributed by atoms with Crippen LogP contribution in [0.25, 0.3) is 21.1 Å². The lowest BCUT2D eigenvalue weighted by atomic mass is 10.1. The number of hydrogen-bond donors (Lipinski definition) is 0. The average Bonchev–Trinajstić information content (AvgIpc) is 2.65. The van der Waals surface area contributed by atoms with Gasteiger partial charge in [-0.05, 0) is 37.8 Å². The number of piperidine rings is 1. The quantitative estimate of drug-likeness (QED) is 0.676. The molecule has 0 amide bonds. The SMILES string of the molecule is CCCn1c2ccccc2c(=O)c2c(N3CCCCC3)nc(=O)sc21. The standard InChI is InChI=1S/C19H21N3O2S/c1-2-10-22-14-9-5-4-8-13(14)16(23)15-17(20-19(24)25-18(15)22)21-11-6-3-7-12-21/h4-5,8-9H,2-3,6-7,10-12H2,1H3. The number of rotatable bonds is 3. The minimum Gasteiger partial charge on any atom is -0.356 e. The Bertz CT molecular complexity index is 1050. The second-order valence-corrected chi connectivity index (χ2v) is 7.47. The van der Waals surface area contributed by atoms with Crippen molar-refractivity contribution in [2.45, 2.75) is 39.2 Å². The van der Waals surface area contributed by atoms with E-state index in [4.69, 9.17) is 0 Å². The minimum absolute atomic E-state index is 0.0118. The van der Waals surface area contributed by atoms with Gasteiger partial charge in [0.2, 0.25) is 5.43 Å². The van der Waals surface area contributed by atoms with Gasteiger partial charge in [-0.1, -0.05) is 30.4 Å². The van der Waals surface area contributed by atoms with Crippen molar-refractivity contribution in [3.8, 4) is 0 Å². The third kappa shape index (κ3) is 2.74. The van der Waals surface area contributed by atoms with Crippen molar-refractivity contribution in [1.29, 1.82) is 0 Å². The lowest BCUT2D eigenvalue weighted by Crippen LogP contribution is -2.32. The lowest BCUT2D eigenvalue weighted by Gasteiger charge is -2.28. The maximum absolute atomic E-state index is 13.2. The molecule has 6 heteroatoms. The molecule has 3 aromatic rings. The van der Waals surface area contributed by atoms with Crippen LogP contribution in [0.3, 0.4) is 0 Å². The Labute approximate surface area is 149 Å². The van der Waals surface area contributed by atoms with Crippen LogP contribution in [0, 0.1) is 0 Å². The summed E-state index contributed by atoms with van der Waals surface area (Å²) in [7, 11) is 0. The summed E-state index contributed by atoms with van der Waals surface area (Å²) in [5.74, 6) is 0.582. The maximum Gasteiger partial charge on any atom is 0.330 e. The number of para-hydroxylation sites is 1. The molecule has 1 aromatic carbocycles. The Kier molecular flexibility index (Phi) is 4.29. The first-order chi connectivity index (χ1) is 12.2. The molecule has 0 unspecified atom stereocenters. The van der Waals surface area contributed by atoms with Crippen molar-refractivity contribution in [2.24, 2.45) is 0 Å². The van der Waals surface area contributed by atoms with Crippen molar-refractivity contribution in [2.75, 3.05) is 18.0 Å². The molecule has 4 rings (SSSR count). The van der Waals surface area contributed by atoms with Gasteiger partial charge in [0.05, 0.1) is 10.9 Å². The number of benzene rings is 1. The summed E-state index contributed by atoms with van der Waals surface area (Å²) in [6.45, 7) is 4.59. The smallest absolute Gasteiger partial charge is 0.330 e. The molecule has 2 aromatic heterocycles. The van der Waals surface area contributed by atoms with E-state index < -0.39 is 0 Å². The summed E-state index contributed by atoms with van der Waals surface area (Å²) in [5, 5.41) is 1.31. The van der Waals surface area contributed by atoms with E-state index in [2.05, 4.69) is 21.4 Å². The van der Waals surface area contributed by atoms with Gasteiger partial charge in [0.1, 0.15) is 10.6 Å². The lowest BCUT2D eigenvalue weighted by molar-refractivity contribution is 0.574. The third-order valence-electron chi connectivity index (χ3n) is 4.83. The highest BCUT2D eigenvalue weighted by Crippen LogP contribution is 2.28. The van der Waals surface area contributed by atoms with Crippen LogP contribution < -0.4 is 15.2 Å². The molecule has 0 atom stereocenters. The van der Waals surface area contributed by atoms with E-state index in [1.165, 1.54) is 6.42 Å². The molecule has 1 aliphatic heterocycles. The number of fused-ring (bicyclic) bond motifs is 2. The van der Waals surface area contributed by atoms with E-state index in [0.29, 0.717) is 16.6 Å². The van der Waals surface area contributed by atoms with Gasteiger partial charge in [0.25, 0.3) is 0 Å². The first-order valence-corrected chi connectivity index (χ1v) is 9.73. The zero-order valence-corrected chi connectivity index (χ0v) is 15.1. The molecule has 1 aliphatic rings. The third-order valence-corrected chi connectivity index (χ3v) is 5.72. The molecule has 0 N–H and O–H groups in total. The van der Waals surface area contributed by atoms with Crippen LogP contribution in [0.1, 0.15) is 32.6 Å². The molecule has 0 radical (unpaired) electrons. The molecule has 25 heavy (non-hydrogen) atoms. The van der Waals surface area contributed by atoms with Crippen LogP contribution in [-0.4, -0.2) is 22.6 Å². The van der Waals surface area contributed by atoms with E-state index in [0.717, 1.165) is 60.6 Å². The predicted octanol–water partition coefficient (Wildman–Crippen LogP) is 3.37. The molecule has 130 valence electrons. The van der Waals surface area contributed by atoms with Gasteiger partial charge in [0.15, 0.2) is 0 Å². The molecule has 0 spiro atoms. The number of pyridine rings is 1. The van der Waals surface area contributed by atoms with Crippen LogP contribution in [0.5, 0.6) is 0 Å². The summed E-state index contributed by atoms with van der Waals surface area (Å²) in [5.41, 5.74) is 0.885. The Morgan fingerprint density at radius 3 is 2.64 bits per heavy atom. The Morgan fingerprint density at radius 1 is 1.12 bits per heavy atom. The number of hydrogen-bond acceptors (Lipinski definition) is 5. The van der Waals surface area contributed by atoms with Gasteiger partial charge >= 0.3 is 4.87 Å². The highest BCUT2D eigenvalue weighted by molar-refractivity contribution is 7.15. The Balaban J connectivity index is 2.14. The number of nitrogens with zero attached hydrogens (tertiary/aromatic N) is 3. The topological polar surface area (TPSA) is 55.2 Å². The van der Waals surface area contributed by atoms with E-state index in [-0.39, 0.29) is 10.3 Å². The van der Waals surface area contributed by atoms with Crippen molar-refractivity contribution < 1.29 is 0 Å². The monoisotopic (exact) mass is 355 g/mol. The molecule has 0 saturated carbocycles. The van der Waals surface area contributed by atoms with E-state index in [1.807, 2.05) is 24.3 Å². The van der Waals surface area contributed by atoms with Gasteiger partial charge in [-0.2, -0.15) is 4.98 Å². The van der Waals surface area contributed by atoms with Crippen LogP contribution in [0.4, 0.5) is 5.82 Å². The average molecular weight is 355 g/mol. The van der Waals surface area contributed by atoms with Crippen molar-refractivity contribution in [3.05, 3.63) is 44.2 Å². The maximum atomic E-state index is 13.2. The highest BCUT2D eigenvalue weighted by Gasteiger charge is 2.21. The van der Waals surface area contributed by atoms with E-state index in [1.54, 1.807) is 0 Å². The molecule has 0 aliphatic carbocycles. The largest absolute Gasteiger partial charge is 0.356 e. The molecule has 1 fully saturated rings. The van der Waals surface area contributed by atoms with Crippen LogP contribution in [-0.2, 0) is 6.54 Å². The second kappa shape index (κ2) is 6.59. The number of anilines is 1. The van der Waals surface area contributed by atoms with Gasteiger partial charge in [0, 0.05) is 25.0 Å². The van der Waals surface area contributed by atoms with Gasteiger partial charge in [-0.3, -0.25) is 9.59 Å². The molecule has 1 saturated heterocycles. The molecular weight excluding hydrogens is 334 g/mol. The van der Waals surface area contributed by atoms with Crippen molar-refractivity contribution in [1.82, 2.24) is 9.55 Å².